The van der Waals surface area contributed by atoms with E-state index in [0.717, 1.165) is 11.1 Å². The van der Waals surface area contributed by atoms with Gasteiger partial charge in [0.15, 0.2) is 0 Å². The van der Waals surface area contributed by atoms with E-state index in [1.807, 2.05) is 60.7 Å². The number of fused-ring (bicyclic) bond motifs is 1. The van der Waals surface area contributed by atoms with Gasteiger partial charge in [-0.15, -0.1) is 0 Å². The molecule has 11 nitrogen and oxygen atoms in total. The summed E-state index contributed by atoms with van der Waals surface area (Å²) in [6.07, 6.45) is 2.42. The highest BCUT2D eigenvalue weighted by atomic mass is 16.6. The highest BCUT2D eigenvalue weighted by Crippen LogP contribution is 2.35. The Morgan fingerprint density at radius 3 is 2.09 bits per heavy atom. The Hall–Kier alpha value is -4.41. The fourth-order valence-electron chi connectivity index (χ4n) is 6.24. The zero-order valence-electron chi connectivity index (χ0n) is 26.5. The molecule has 2 aromatic rings. The molecule has 2 heterocycles. The zero-order chi connectivity index (χ0) is 32.6. The summed E-state index contributed by atoms with van der Waals surface area (Å²) >= 11 is 0. The van der Waals surface area contributed by atoms with Gasteiger partial charge < -0.3 is 30.9 Å². The number of hydrogen-bond donors (Lipinski definition) is 4. The Labute approximate surface area is 264 Å². The van der Waals surface area contributed by atoms with Gasteiger partial charge in [-0.3, -0.25) is 19.2 Å². The van der Waals surface area contributed by atoms with Crippen molar-refractivity contribution in [3.63, 3.8) is 0 Å². The summed E-state index contributed by atoms with van der Waals surface area (Å²) in [6.45, 7) is 7.10. The summed E-state index contributed by atoms with van der Waals surface area (Å²) in [5, 5.41) is 11.3. The summed E-state index contributed by atoms with van der Waals surface area (Å²) < 4.78 is 5.32. The fraction of sp³-hybridized carbons (Fsp3) is 0.500. The number of ether oxygens (including phenoxy) is 1. The predicted octanol–water partition coefficient (Wildman–Crippen LogP) is 3.20. The third-order valence-electron chi connectivity index (χ3n) is 8.40. The smallest absolute Gasteiger partial charge is 0.408 e. The first-order valence-corrected chi connectivity index (χ1v) is 15.7. The maximum absolute atomic E-state index is 14.3. The maximum atomic E-state index is 14.3. The molecule has 2 fully saturated rings. The van der Waals surface area contributed by atoms with E-state index in [9.17, 15) is 24.0 Å². The number of alkyl carbamates (subject to hydrolysis) is 1. The van der Waals surface area contributed by atoms with Crippen molar-refractivity contribution in [1.82, 2.24) is 26.2 Å². The van der Waals surface area contributed by atoms with Crippen LogP contribution < -0.4 is 21.3 Å². The molecule has 5 atom stereocenters. The van der Waals surface area contributed by atoms with Crippen molar-refractivity contribution in [3.8, 4) is 0 Å². The fourth-order valence-corrected chi connectivity index (χ4v) is 6.24. The molecule has 4 N–H and O–H groups in total. The van der Waals surface area contributed by atoms with Crippen LogP contribution in [0.1, 0.15) is 77.0 Å². The van der Waals surface area contributed by atoms with E-state index in [1.165, 1.54) is 0 Å². The molecular weight excluding hydrogens is 574 g/mol. The van der Waals surface area contributed by atoms with Gasteiger partial charge in [0.1, 0.15) is 23.7 Å². The van der Waals surface area contributed by atoms with Crippen molar-refractivity contribution >= 4 is 30.2 Å². The van der Waals surface area contributed by atoms with Crippen molar-refractivity contribution < 1.29 is 28.7 Å². The van der Waals surface area contributed by atoms with Crippen LogP contribution in [0.5, 0.6) is 0 Å². The number of carbonyl (C=O) groups is 5. The lowest BCUT2D eigenvalue weighted by Gasteiger charge is -2.33. The number of amides is 5. The second-order valence-corrected chi connectivity index (χ2v) is 12.7. The molecule has 0 aromatic heterocycles. The lowest BCUT2D eigenvalue weighted by Crippen LogP contribution is -2.59. The normalized spacial score (nSPS) is 22.1. The van der Waals surface area contributed by atoms with Gasteiger partial charge in [0.05, 0.1) is 6.04 Å². The molecule has 2 aromatic carbocycles. The molecule has 11 heteroatoms. The van der Waals surface area contributed by atoms with Crippen LogP contribution in [0.25, 0.3) is 0 Å². The van der Waals surface area contributed by atoms with Crippen LogP contribution >= 0.6 is 0 Å². The number of hydrogen-bond acceptors (Lipinski definition) is 6. The van der Waals surface area contributed by atoms with E-state index in [0.29, 0.717) is 32.1 Å². The van der Waals surface area contributed by atoms with Crippen molar-refractivity contribution in [2.45, 2.75) is 95.6 Å². The Morgan fingerprint density at radius 1 is 0.933 bits per heavy atom. The highest BCUT2D eigenvalue weighted by molar-refractivity contribution is 5.95. The molecule has 0 spiro atoms. The average Bonchev–Trinajstić information content (AvgIpc) is 3.40. The Balaban J connectivity index is 1.56. The third-order valence-corrected chi connectivity index (χ3v) is 8.40. The summed E-state index contributed by atoms with van der Waals surface area (Å²) in [5.41, 5.74) is 1.09. The molecule has 0 bridgehead atoms. The van der Waals surface area contributed by atoms with Gasteiger partial charge >= 0.3 is 6.09 Å². The topological polar surface area (TPSA) is 146 Å². The van der Waals surface area contributed by atoms with Crippen LogP contribution in [0.15, 0.2) is 60.7 Å². The molecule has 0 aliphatic carbocycles. The van der Waals surface area contributed by atoms with Crippen LogP contribution in [-0.4, -0.2) is 71.4 Å². The van der Waals surface area contributed by atoms with E-state index in [2.05, 4.69) is 21.3 Å². The van der Waals surface area contributed by atoms with Gasteiger partial charge in [0, 0.05) is 18.5 Å². The molecule has 0 saturated carbocycles. The van der Waals surface area contributed by atoms with E-state index >= 15 is 0 Å². The van der Waals surface area contributed by atoms with Crippen LogP contribution in [0.3, 0.4) is 0 Å². The monoisotopic (exact) mass is 619 g/mol. The molecular formula is C34H45N5O6. The van der Waals surface area contributed by atoms with E-state index in [-0.39, 0.29) is 30.8 Å². The summed E-state index contributed by atoms with van der Waals surface area (Å²) in [4.78, 5) is 67.0. The largest absolute Gasteiger partial charge is 0.444 e. The molecule has 0 unspecified atom stereocenters. The van der Waals surface area contributed by atoms with Gasteiger partial charge in [-0.25, -0.2) is 4.79 Å². The number of carbonyl (C=O) groups excluding carboxylic acids is 5. The first-order chi connectivity index (χ1) is 21.5. The van der Waals surface area contributed by atoms with Crippen LogP contribution in [0.4, 0.5) is 4.79 Å². The third kappa shape index (κ3) is 8.61. The lowest BCUT2D eigenvalue weighted by atomic mass is 9.92. The first-order valence-electron chi connectivity index (χ1n) is 15.7. The molecule has 5 amide bonds. The number of nitrogens with zero attached hydrogens (tertiary/aromatic N) is 1. The van der Waals surface area contributed by atoms with E-state index in [1.54, 1.807) is 32.6 Å². The quantitative estimate of drug-likeness (QED) is 0.284. The molecule has 2 aliphatic rings. The molecule has 4 rings (SSSR count). The van der Waals surface area contributed by atoms with Crippen molar-refractivity contribution in [2.75, 3.05) is 6.54 Å². The van der Waals surface area contributed by atoms with Crippen molar-refractivity contribution in [3.05, 3.63) is 71.8 Å². The summed E-state index contributed by atoms with van der Waals surface area (Å²) in [6, 6.07) is 16.1. The first kappa shape index (κ1) is 33.5. The van der Waals surface area contributed by atoms with E-state index in [4.69, 9.17) is 4.74 Å². The zero-order valence-corrected chi connectivity index (χ0v) is 26.5. The molecule has 2 saturated heterocycles. The van der Waals surface area contributed by atoms with Crippen LogP contribution in [-0.2, 0) is 23.9 Å². The number of nitrogens with one attached hydrogen (secondary N) is 4. The average molecular weight is 620 g/mol. The van der Waals surface area contributed by atoms with Gasteiger partial charge in [-0.1, -0.05) is 67.6 Å². The number of rotatable bonds is 11. The lowest BCUT2D eigenvalue weighted by molar-refractivity contribution is -0.143. The summed E-state index contributed by atoms with van der Waals surface area (Å²) in [7, 11) is 0. The Kier molecular flexibility index (Phi) is 11.2. The van der Waals surface area contributed by atoms with Crippen LogP contribution in [0.2, 0.25) is 0 Å². The predicted molar refractivity (Wildman–Crippen MR) is 169 cm³/mol. The van der Waals surface area contributed by atoms with Gasteiger partial charge in [0.25, 0.3) is 0 Å². The minimum absolute atomic E-state index is 0.178. The Bertz CT molecular complexity index is 1290. The highest BCUT2D eigenvalue weighted by Gasteiger charge is 2.48. The minimum Gasteiger partial charge on any atom is -0.444 e. The molecule has 45 heavy (non-hydrogen) atoms. The van der Waals surface area contributed by atoms with Gasteiger partial charge in [-0.05, 0) is 64.0 Å². The van der Waals surface area contributed by atoms with Crippen molar-refractivity contribution in [1.29, 1.82) is 0 Å². The van der Waals surface area contributed by atoms with Gasteiger partial charge in [0.2, 0.25) is 24.1 Å². The number of benzene rings is 2. The second-order valence-electron chi connectivity index (χ2n) is 12.7. The SMILES string of the molecule is CC[C@H](NC(=O)OC(C)(C)C)C(=O)N[C@@H]1C(=O)N2[C@@H](CC[C@@H]1CNC=O)CC[C@H]2C(=O)NC(c1ccccc1)c1ccccc1. The second kappa shape index (κ2) is 15.0. The summed E-state index contributed by atoms with van der Waals surface area (Å²) in [5.74, 6) is -1.58. The molecule has 2 aliphatic heterocycles. The Morgan fingerprint density at radius 2 is 1.53 bits per heavy atom. The molecule has 0 radical (unpaired) electrons. The standard InChI is InChI=1S/C34H45N5O6/c1-5-26(36-33(44)45-34(2,3)4)30(41)38-29-24(20-35-21-40)16-17-25-18-19-27(39(25)32(29)43)31(42)37-28(22-12-8-6-9-13-22)23-14-10-7-11-15-23/h6-15,21,24-29H,5,16-20H2,1-4H3,(H,35,40)(H,36,44)(H,37,42)(H,38,41)/t24-,25+,26+,27+,29+/m1/s1. The van der Waals surface area contributed by atoms with Gasteiger partial charge in [-0.2, -0.15) is 0 Å². The van der Waals surface area contributed by atoms with Crippen molar-refractivity contribution in [2.24, 2.45) is 5.92 Å². The van der Waals surface area contributed by atoms with E-state index < -0.39 is 47.7 Å². The maximum Gasteiger partial charge on any atom is 0.408 e. The van der Waals surface area contributed by atoms with Crippen LogP contribution in [0, 0.1) is 5.92 Å². The minimum atomic E-state index is -1.00. The molecule has 242 valence electrons.